The van der Waals surface area contributed by atoms with Crippen molar-refractivity contribution in [1.82, 2.24) is 4.98 Å². The fourth-order valence-electron chi connectivity index (χ4n) is 1.72. The average Bonchev–Trinajstić information content (AvgIpc) is 2.44. The molecule has 0 aliphatic carbocycles. The topological polar surface area (TPSA) is 82.5 Å². The highest BCUT2D eigenvalue weighted by atomic mass is 19.3. The number of nitrogens with one attached hydrogen (secondary N) is 1. The first-order chi connectivity index (χ1) is 9.43. The Bertz CT molecular complexity index is 647. The second-order valence-electron chi connectivity index (χ2n) is 4.24. The molecule has 3 N–H and O–H groups in total. The van der Waals surface area contributed by atoms with Crippen LogP contribution in [0, 0.1) is 0 Å². The van der Waals surface area contributed by atoms with Gasteiger partial charge in [-0.1, -0.05) is 18.2 Å². The van der Waals surface area contributed by atoms with Crippen molar-refractivity contribution in [2.45, 2.75) is 5.92 Å². The van der Waals surface area contributed by atoms with E-state index < -0.39 is 25.0 Å². The van der Waals surface area contributed by atoms with Crippen LogP contribution in [0.5, 0.6) is 0 Å². The number of carbonyl (C=O) groups is 1. The molecule has 106 valence electrons. The molecule has 0 saturated heterocycles. The minimum absolute atomic E-state index is 0.0224. The molecule has 0 radical (unpaired) electrons. The Morgan fingerprint density at radius 3 is 2.70 bits per heavy atom. The zero-order valence-electron chi connectivity index (χ0n) is 10.3. The molecule has 0 amide bonds. The zero-order chi connectivity index (χ0) is 14.8. The number of nitrogens with zero attached hydrogens (tertiary/aromatic N) is 1. The number of para-hydroxylation sites is 1. The molecule has 0 spiro atoms. The molecule has 7 heteroatoms. The van der Waals surface area contributed by atoms with E-state index in [2.05, 4.69) is 10.3 Å². The molecule has 5 nitrogen and oxygen atoms in total. The maximum atomic E-state index is 13.0. The lowest BCUT2D eigenvalue weighted by Gasteiger charge is -2.15. The van der Waals surface area contributed by atoms with Crippen molar-refractivity contribution in [1.29, 1.82) is 0 Å². The van der Waals surface area contributed by atoms with E-state index in [-0.39, 0.29) is 11.4 Å². The van der Waals surface area contributed by atoms with Crippen molar-refractivity contribution in [3.8, 4) is 0 Å². The molecule has 2 rings (SSSR count). The van der Waals surface area contributed by atoms with Gasteiger partial charge < -0.3 is 15.5 Å². The fraction of sp³-hybridized carbons (Fsp3) is 0.231. The van der Waals surface area contributed by atoms with Gasteiger partial charge in [0.2, 0.25) is 0 Å². The van der Waals surface area contributed by atoms with Crippen molar-refractivity contribution in [3.63, 3.8) is 0 Å². The van der Waals surface area contributed by atoms with E-state index in [0.29, 0.717) is 10.9 Å². The van der Waals surface area contributed by atoms with Gasteiger partial charge in [0.15, 0.2) is 0 Å². The number of aromatic carboxylic acids is 1. The summed E-state index contributed by atoms with van der Waals surface area (Å²) < 4.78 is 25.9. The third kappa shape index (κ3) is 3.00. The van der Waals surface area contributed by atoms with Crippen LogP contribution in [0.4, 0.5) is 14.6 Å². The quantitative estimate of drug-likeness (QED) is 0.781. The standard InChI is InChI=1S/C13H12F2N2O3/c14-13(15,7-18)6-16-11-5-9(12(19)20)8-3-1-2-4-10(8)17-11/h1-5,18H,6-7H2,(H,16,17)(H,19,20). The second-order valence-corrected chi connectivity index (χ2v) is 4.24. The number of pyridine rings is 1. The van der Waals surface area contributed by atoms with Crippen molar-refractivity contribution >= 4 is 22.7 Å². The number of carboxylic acid groups (broad SMARTS) is 1. The molecule has 1 aromatic heterocycles. The van der Waals surface area contributed by atoms with Crippen LogP contribution in [0.2, 0.25) is 0 Å². The molecular weight excluding hydrogens is 270 g/mol. The van der Waals surface area contributed by atoms with Gasteiger partial charge in [-0.15, -0.1) is 0 Å². The maximum Gasteiger partial charge on any atom is 0.336 e. The number of fused-ring (bicyclic) bond motifs is 1. The molecule has 0 saturated carbocycles. The van der Waals surface area contributed by atoms with Gasteiger partial charge in [0.1, 0.15) is 12.4 Å². The van der Waals surface area contributed by atoms with Gasteiger partial charge in [-0.3, -0.25) is 0 Å². The first-order valence-corrected chi connectivity index (χ1v) is 5.78. The summed E-state index contributed by atoms with van der Waals surface area (Å²) in [4.78, 5) is 15.2. The van der Waals surface area contributed by atoms with Gasteiger partial charge in [0.05, 0.1) is 17.6 Å². The Morgan fingerprint density at radius 1 is 1.35 bits per heavy atom. The van der Waals surface area contributed by atoms with Crippen LogP contribution in [0.15, 0.2) is 30.3 Å². The number of benzene rings is 1. The van der Waals surface area contributed by atoms with E-state index >= 15 is 0 Å². The number of carboxylic acids is 1. The predicted octanol–water partition coefficient (Wildman–Crippen LogP) is 1.97. The van der Waals surface area contributed by atoms with Gasteiger partial charge in [0, 0.05) is 5.39 Å². The number of hydrogen-bond donors (Lipinski definition) is 3. The smallest absolute Gasteiger partial charge is 0.336 e. The second kappa shape index (κ2) is 5.38. The lowest BCUT2D eigenvalue weighted by molar-refractivity contribution is -0.0373. The van der Waals surface area contributed by atoms with Crippen LogP contribution in [0.3, 0.4) is 0 Å². The minimum atomic E-state index is -3.29. The van der Waals surface area contributed by atoms with Crippen LogP contribution < -0.4 is 5.32 Å². The molecular formula is C13H12F2N2O3. The Balaban J connectivity index is 2.38. The summed E-state index contributed by atoms with van der Waals surface area (Å²) in [7, 11) is 0. The number of alkyl halides is 2. The van der Waals surface area contributed by atoms with E-state index in [4.69, 9.17) is 10.2 Å². The van der Waals surface area contributed by atoms with Gasteiger partial charge >= 0.3 is 5.97 Å². The molecule has 1 aromatic carbocycles. The lowest BCUT2D eigenvalue weighted by atomic mass is 10.1. The summed E-state index contributed by atoms with van der Waals surface area (Å²) in [5.41, 5.74) is 0.368. The summed E-state index contributed by atoms with van der Waals surface area (Å²) in [6, 6.07) is 7.73. The van der Waals surface area contributed by atoms with Crippen molar-refractivity contribution in [3.05, 3.63) is 35.9 Å². The summed E-state index contributed by atoms with van der Waals surface area (Å²) >= 11 is 0. The highest BCUT2D eigenvalue weighted by Crippen LogP contribution is 2.22. The largest absolute Gasteiger partial charge is 0.478 e. The molecule has 0 bridgehead atoms. The van der Waals surface area contributed by atoms with Crippen molar-refractivity contribution in [2.24, 2.45) is 0 Å². The number of rotatable bonds is 5. The fourth-order valence-corrected chi connectivity index (χ4v) is 1.72. The Morgan fingerprint density at radius 2 is 2.05 bits per heavy atom. The van der Waals surface area contributed by atoms with Crippen LogP contribution >= 0.6 is 0 Å². The van der Waals surface area contributed by atoms with Crippen molar-refractivity contribution < 1.29 is 23.8 Å². The van der Waals surface area contributed by atoms with Crippen LogP contribution in [-0.4, -0.2) is 40.2 Å². The highest BCUT2D eigenvalue weighted by Gasteiger charge is 2.27. The molecule has 2 aromatic rings. The predicted molar refractivity (Wildman–Crippen MR) is 69.2 cm³/mol. The molecule has 0 aliphatic rings. The molecule has 0 aliphatic heterocycles. The Hall–Kier alpha value is -2.28. The number of halogens is 2. The normalized spacial score (nSPS) is 11.6. The number of aliphatic hydroxyl groups excluding tert-OH is 1. The summed E-state index contributed by atoms with van der Waals surface area (Å²) in [5, 5.41) is 20.4. The van der Waals surface area contributed by atoms with Crippen LogP contribution in [-0.2, 0) is 0 Å². The Labute approximate surface area is 112 Å². The molecule has 0 atom stereocenters. The first kappa shape index (κ1) is 14.1. The minimum Gasteiger partial charge on any atom is -0.478 e. The number of anilines is 1. The number of aromatic nitrogens is 1. The van der Waals surface area contributed by atoms with E-state index in [1.54, 1.807) is 24.3 Å². The number of hydrogen-bond acceptors (Lipinski definition) is 4. The SMILES string of the molecule is O=C(O)c1cc(NCC(F)(F)CO)nc2ccccc12. The molecule has 20 heavy (non-hydrogen) atoms. The monoisotopic (exact) mass is 282 g/mol. The van der Waals surface area contributed by atoms with Crippen LogP contribution in [0.1, 0.15) is 10.4 Å². The summed E-state index contributed by atoms with van der Waals surface area (Å²) in [5.74, 6) is -4.44. The van der Waals surface area contributed by atoms with E-state index in [9.17, 15) is 13.6 Å². The van der Waals surface area contributed by atoms with Crippen molar-refractivity contribution in [2.75, 3.05) is 18.5 Å². The first-order valence-electron chi connectivity index (χ1n) is 5.78. The zero-order valence-corrected chi connectivity index (χ0v) is 10.3. The molecule has 0 fully saturated rings. The van der Waals surface area contributed by atoms with Crippen LogP contribution in [0.25, 0.3) is 10.9 Å². The lowest BCUT2D eigenvalue weighted by Crippen LogP contribution is -2.31. The summed E-state index contributed by atoms with van der Waals surface area (Å²) in [6.45, 7) is -2.12. The van der Waals surface area contributed by atoms with Gasteiger partial charge in [-0.2, -0.15) is 0 Å². The highest BCUT2D eigenvalue weighted by molar-refractivity contribution is 6.03. The summed E-state index contributed by atoms with van der Waals surface area (Å²) in [6.07, 6.45) is 0. The molecule has 1 heterocycles. The van der Waals surface area contributed by atoms with E-state index in [1.807, 2.05) is 0 Å². The number of aliphatic hydroxyl groups is 1. The molecule has 0 unspecified atom stereocenters. The Kier molecular flexibility index (Phi) is 3.80. The van der Waals surface area contributed by atoms with Gasteiger partial charge in [-0.25, -0.2) is 18.6 Å². The van der Waals surface area contributed by atoms with E-state index in [0.717, 1.165) is 0 Å². The third-order valence-corrected chi connectivity index (χ3v) is 2.71. The third-order valence-electron chi connectivity index (χ3n) is 2.71. The van der Waals surface area contributed by atoms with Gasteiger partial charge in [0.25, 0.3) is 5.92 Å². The van der Waals surface area contributed by atoms with E-state index in [1.165, 1.54) is 6.07 Å². The van der Waals surface area contributed by atoms with Gasteiger partial charge in [-0.05, 0) is 12.1 Å². The maximum absolute atomic E-state index is 13.0. The average molecular weight is 282 g/mol.